The molecular formula is C19H24N4O2. The summed E-state index contributed by atoms with van der Waals surface area (Å²) in [5.41, 5.74) is 2.80. The van der Waals surface area contributed by atoms with Gasteiger partial charge in [-0.3, -0.25) is 9.59 Å². The van der Waals surface area contributed by atoms with Crippen molar-refractivity contribution in [2.45, 2.75) is 33.1 Å². The highest BCUT2D eigenvalue weighted by Crippen LogP contribution is 2.18. The number of benzene rings is 1. The molecule has 1 aromatic carbocycles. The fourth-order valence-corrected chi connectivity index (χ4v) is 2.28. The molecule has 0 saturated heterocycles. The van der Waals surface area contributed by atoms with Crippen LogP contribution in [0.1, 0.15) is 43.6 Å². The normalized spacial score (nSPS) is 10.2. The van der Waals surface area contributed by atoms with Crippen LogP contribution in [0.4, 0.5) is 17.1 Å². The molecule has 0 fully saturated rings. The van der Waals surface area contributed by atoms with Gasteiger partial charge in [0.2, 0.25) is 5.91 Å². The van der Waals surface area contributed by atoms with Crippen molar-refractivity contribution in [2.75, 3.05) is 17.2 Å². The van der Waals surface area contributed by atoms with Gasteiger partial charge in [-0.15, -0.1) is 0 Å². The molecule has 6 heteroatoms. The number of nitrogens with zero attached hydrogens (tertiary/aromatic N) is 1. The van der Waals surface area contributed by atoms with Crippen LogP contribution in [-0.4, -0.2) is 23.3 Å². The van der Waals surface area contributed by atoms with Crippen LogP contribution in [0.5, 0.6) is 0 Å². The van der Waals surface area contributed by atoms with Gasteiger partial charge in [0.05, 0.1) is 11.9 Å². The summed E-state index contributed by atoms with van der Waals surface area (Å²) >= 11 is 0. The van der Waals surface area contributed by atoms with Gasteiger partial charge in [0.1, 0.15) is 5.69 Å². The van der Waals surface area contributed by atoms with Crippen molar-refractivity contribution in [3.8, 4) is 0 Å². The highest BCUT2D eigenvalue weighted by Gasteiger charge is 2.06. The quantitative estimate of drug-likeness (QED) is 0.640. The van der Waals surface area contributed by atoms with Crippen molar-refractivity contribution in [3.63, 3.8) is 0 Å². The molecule has 0 aliphatic heterocycles. The zero-order chi connectivity index (χ0) is 18.1. The van der Waals surface area contributed by atoms with E-state index in [2.05, 4.69) is 27.9 Å². The maximum absolute atomic E-state index is 12.0. The second kappa shape index (κ2) is 9.42. The maximum atomic E-state index is 12.0. The second-order valence-electron chi connectivity index (χ2n) is 5.78. The van der Waals surface area contributed by atoms with Gasteiger partial charge in [0.15, 0.2) is 0 Å². The largest absolute Gasteiger partial charge is 0.354 e. The Balaban J connectivity index is 1.89. The van der Waals surface area contributed by atoms with Gasteiger partial charge in [-0.05, 0) is 42.8 Å². The molecule has 2 rings (SSSR count). The van der Waals surface area contributed by atoms with Crippen LogP contribution in [-0.2, 0) is 4.79 Å². The average molecular weight is 340 g/mol. The van der Waals surface area contributed by atoms with Crippen molar-refractivity contribution in [2.24, 2.45) is 0 Å². The molecule has 0 spiro atoms. The Morgan fingerprint density at radius 1 is 0.960 bits per heavy atom. The summed E-state index contributed by atoms with van der Waals surface area (Å²) < 4.78 is 0. The third-order valence-corrected chi connectivity index (χ3v) is 3.56. The van der Waals surface area contributed by atoms with Crippen LogP contribution in [0.15, 0.2) is 42.6 Å². The van der Waals surface area contributed by atoms with Gasteiger partial charge >= 0.3 is 0 Å². The van der Waals surface area contributed by atoms with E-state index in [0.29, 0.717) is 12.2 Å². The van der Waals surface area contributed by atoms with Crippen LogP contribution in [0.2, 0.25) is 0 Å². The molecule has 2 amide bonds. The number of hydrogen-bond acceptors (Lipinski definition) is 4. The van der Waals surface area contributed by atoms with Crippen LogP contribution in [0.3, 0.4) is 0 Å². The zero-order valence-corrected chi connectivity index (χ0v) is 14.6. The predicted molar refractivity (Wildman–Crippen MR) is 100 cm³/mol. The first-order valence-electron chi connectivity index (χ1n) is 8.47. The summed E-state index contributed by atoms with van der Waals surface area (Å²) in [7, 11) is 0. The van der Waals surface area contributed by atoms with E-state index in [1.807, 2.05) is 30.3 Å². The molecule has 0 radical (unpaired) electrons. The van der Waals surface area contributed by atoms with Crippen molar-refractivity contribution in [3.05, 3.63) is 48.3 Å². The summed E-state index contributed by atoms with van der Waals surface area (Å²) in [4.78, 5) is 27.2. The molecule has 0 atom stereocenters. The number of carbonyl (C=O) groups is 2. The Labute approximate surface area is 148 Å². The van der Waals surface area contributed by atoms with E-state index in [-0.39, 0.29) is 11.8 Å². The van der Waals surface area contributed by atoms with E-state index in [1.54, 1.807) is 12.3 Å². The minimum Gasteiger partial charge on any atom is -0.354 e. The molecular weight excluding hydrogens is 316 g/mol. The Hall–Kier alpha value is -2.89. The standard InChI is InChI=1S/C19H24N4O2/c1-3-4-5-12-20-19(25)18-11-10-17(13-21-18)23-16-8-6-15(7-9-16)22-14(2)24/h6-11,13,23H,3-5,12H2,1-2H3,(H,20,25)(H,22,24). The average Bonchev–Trinajstić information content (AvgIpc) is 2.60. The minimum absolute atomic E-state index is 0.103. The van der Waals surface area contributed by atoms with Gasteiger partial charge in [-0.1, -0.05) is 19.8 Å². The molecule has 6 nitrogen and oxygen atoms in total. The Morgan fingerprint density at radius 3 is 2.24 bits per heavy atom. The van der Waals surface area contributed by atoms with Gasteiger partial charge in [-0.2, -0.15) is 0 Å². The number of aromatic nitrogens is 1. The Bertz CT molecular complexity index is 696. The van der Waals surface area contributed by atoms with Gasteiger partial charge in [0, 0.05) is 24.8 Å². The first-order valence-corrected chi connectivity index (χ1v) is 8.47. The first kappa shape index (κ1) is 18.4. The van der Waals surface area contributed by atoms with Crippen molar-refractivity contribution >= 4 is 28.9 Å². The van der Waals surface area contributed by atoms with E-state index >= 15 is 0 Å². The molecule has 1 heterocycles. The van der Waals surface area contributed by atoms with Crippen LogP contribution in [0, 0.1) is 0 Å². The lowest BCUT2D eigenvalue weighted by atomic mass is 10.2. The molecule has 0 bridgehead atoms. The van der Waals surface area contributed by atoms with Crippen molar-refractivity contribution in [1.29, 1.82) is 0 Å². The predicted octanol–water partition coefficient (Wildman–Crippen LogP) is 3.70. The summed E-state index contributed by atoms with van der Waals surface area (Å²) in [5, 5.41) is 8.79. The number of nitrogens with one attached hydrogen (secondary N) is 3. The SMILES string of the molecule is CCCCCNC(=O)c1ccc(Nc2ccc(NC(C)=O)cc2)cn1. The lowest BCUT2D eigenvalue weighted by Gasteiger charge is -2.09. The fraction of sp³-hybridized carbons (Fsp3) is 0.316. The number of carbonyl (C=O) groups excluding carboxylic acids is 2. The summed E-state index contributed by atoms with van der Waals surface area (Å²) in [5.74, 6) is -0.254. The van der Waals surface area contributed by atoms with E-state index in [4.69, 9.17) is 0 Å². The fourth-order valence-electron chi connectivity index (χ4n) is 2.28. The van der Waals surface area contributed by atoms with Gasteiger partial charge in [-0.25, -0.2) is 4.98 Å². The molecule has 2 aromatic rings. The number of unbranched alkanes of at least 4 members (excludes halogenated alkanes) is 2. The van der Waals surface area contributed by atoms with E-state index in [9.17, 15) is 9.59 Å². The Kier molecular flexibility index (Phi) is 6.95. The van der Waals surface area contributed by atoms with Crippen molar-refractivity contribution < 1.29 is 9.59 Å². The highest BCUT2D eigenvalue weighted by molar-refractivity contribution is 5.92. The Morgan fingerprint density at radius 2 is 1.64 bits per heavy atom. The van der Waals surface area contributed by atoms with Crippen LogP contribution < -0.4 is 16.0 Å². The maximum Gasteiger partial charge on any atom is 0.269 e. The summed E-state index contributed by atoms with van der Waals surface area (Å²) in [6.07, 6.45) is 4.84. The molecule has 0 unspecified atom stereocenters. The topological polar surface area (TPSA) is 83.1 Å². The lowest BCUT2D eigenvalue weighted by Crippen LogP contribution is -2.25. The van der Waals surface area contributed by atoms with Crippen LogP contribution >= 0.6 is 0 Å². The first-order chi connectivity index (χ1) is 12.1. The van der Waals surface area contributed by atoms with Crippen LogP contribution in [0.25, 0.3) is 0 Å². The molecule has 0 saturated carbocycles. The van der Waals surface area contributed by atoms with E-state index in [1.165, 1.54) is 6.92 Å². The van der Waals surface area contributed by atoms with E-state index in [0.717, 1.165) is 36.3 Å². The van der Waals surface area contributed by atoms with E-state index < -0.39 is 0 Å². The molecule has 0 aliphatic carbocycles. The number of pyridine rings is 1. The number of hydrogen-bond donors (Lipinski definition) is 3. The summed E-state index contributed by atoms with van der Waals surface area (Å²) in [6.45, 7) is 4.27. The third-order valence-electron chi connectivity index (χ3n) is 3.56. The third kappa shape index (κ3) is 6.25. The van der Waals surface area contributed by atoms with Gasteiger partial charge in [0.25, 0.3) is 5.91 Å². The molecule has 0 aliphatic rings. The molecule has 3 N–H and O–H groups in total. The second-order valence-corrected chi connectivity index (χ2v) is 5.78. The lowest BCUT2D eigenvalue weighted by molar-refractivity contribution is -0.114. The number of amides is 2. The highest BCUT2D eigenvalue weighted by atomic mass is 16.2. The molecule has 1 aromatic heterocycles. The molecule has 132 valence electrons. The summed E-state index contributed by atoms with van der Waals surface area (Å²) in [6, 6.07) is 10.9. The number of rotatable bonds is 8. The smallest absolute Gasteiger partial charge is 0.269 e. The minimum atomic E-state index is -0.151. The number of anilines is 3. The van der Waals surface area contributed by atoms with Gasteiger partial charge < -0.3 is 16.0 Å². The monoisotopic (exact) mass is 340 g/mol. The molecule has 25 heavy (non-hydrogen) atoms. The zero-order valence-electron chi connectivity index (χ0n) is 14.6. The van der Waals surface area contributed by atoms with Crippen molar-refractivity contribution in [1.82, 2.24) is 10.3 Å².